The largest absolute Gasteiger partial charge is 0.490 e. The highest BCUT2D eigenvalue weighted by molar-refractivity contribution is 5.64. The van der Waals surface area contributed by atoms with Gasteiger partial charge in [0.1, 0.15) is 12.4 Å². The lowest BCUT2D eigenvalue weighted by molar-refractivity contribution is 0.323. The molecule has 0 fully saturated rings. The Kier molecular flexibility index (Phi) is 3.81. The fourth-order valence-corrected chi connectivity index (χ4v) is 1.47. The third-order valence-corrected chi connectivity index (χ3v) is 2.36. The minimum absolute atomic E-state index is 0.773. The van der Waals surface area contributed by atoms with E-state index < -0.39 is 0 Å². The van der Waals surface area contributed by atoms with Crippen molar-refractivity contribution in [3.05, 3.63) is 23.3 Å². The molecule has 0 spiro atoms. The van der Waals surface area contributed by atoms with Gasteiger partial charge in [0.25, 0.3) is 0 Å². The van der Waals surface area contributed by atoms with E-state index in [0.717, 1.165) is 18.9 Å². The third kappa shape index (κ3) is 2.00. The molecule has 0 aromatic heterocycles. The third-order valence-electron chi connectivity index (χ3n) is 2.36. The highest BCUT2D eigenvalue weighted by atomic mass is 16.5. The summed E-state index contributed by atoms with van der Waals surface area (Å²) in [6.07, 6.45) is 0. The first-order valence-electron chi connectivity index (χ1n) is 5.26. The smallest absolute Gasteiger partial charge is 0.142 e. The normalized spacial score (nSPS) is 12.9. The first kappa shape index (κ1) is 10.9. The summed E-state index contributed by atoms with van der Waals surface area (Å²) in [6.45, 7) is 9.93. The lowest BCUT2D eigenvalue weighted by Gasteiger charge is -2.21. The first-order valence-corrected chi connectivity index (χ1v) is 5.26. The van der Waals surface area contributed by atoms with E-state index in [0.29, 0.717) is 0 Å². The molecule has 0 bridgehead atoms. The second-order valence-electron chi connectivity index (χ2n) is 3.16. The van der Waals surface area contributed by atoms with Crippen LogP contribution in [0.5, 0.6) is 5.75 Å². The summed E-state index contributed by atoms with van der Waals surface area (Å²) in [5.41, 5.74) is 3.78. The SMILES string of the molecule is CC.Cc1ccc2c(c1C)NCCO2. The van der Waals surface area contributed by atoms with Crippen LogP contribution in [0.25, 0.3) is 0 Å². The van der Waals surface area contributed by atoms with Gasteiger partial charge >= 0.3 is 0 Å². The van der Waals surface area contributed by atoms with Gasteiger partial charge in [-0.2, -0.15) is 0 Å². The fourth-order valence-electron chi connectivity index (χ4n) is 1.47. The number of anilines is 1. The summed E-state index contributed by atoms with van der Waals surface area (Å²) < 4.78 is 5.50. The summed E-state index contributed by atoms with van der Waals surface area (Å²) in [5, 5.41) is 3.35. The van der Waals surface area contributed by atoms with Crippen LogP contribution in [0, 0.1) is 13.8 Å². The lowest BCUT2D eigenvalue weighted by Crippen LogP contribution is -2.19. The number of benzene rings is 1. The number of rotatable bonds is 0. The van der Waals surface area contributed by atoms with Crippen LogP contribution in [0.3, 0.4) is 0 Å². The van der Waals surface area contributed by atoms with E-state index in [1.165, 1.54) is 16.8 Å². The molecule has 0 amide bonds. The molecule has 2 rings (SSSR count). The number of fused-ring (bicyclic) bond motifs is 1. The Morgan fingerprint density at radius 1 is 1.21 bits per heavy atom. The Morgan fingerprint density at radius 3 is 2.64 bits per heavy atom. The molecule has 1 aliphatic heterocycles. The molecular formula is C12H19NO. The molecular weight excluding hydrogens is 174 g/mol. The minimum atomic E-state index is 0.773. The number of aryl methyl sites for hydroxylation is 1. The Labute approximate surface area is 86.3 Å². The van der Waals surface area contributed by atoms with Crippen LogP contribution < -0.4 is 10.1 Å². The molecule has 2 nitrogen and oxygen atoms in total. The van der Waals surface area contributed by atoms with Crippen molar-refractivity contribution < 1.29 is 4.74 Å². The second kappa shape index (κ2) is 4.89. The molecule has 0 aliphatic carbocycles. The fraction of sp³-hybridized carbons (Fsp3) is 0.500. The van der Waals surface area contributed by atoms with Gasteiger partial charge in [0.15, 0.2) is 0 Å². The van der Waals surface area contributed by atoms with E-state index in [1.807, 2.05) is 19.9 Å². The van der Waals surface area contributed by atoms with Gasteiger partial charge in [0, 0.05) is 6.54 Å². The Balaban J connectivity index is 0.000000461. The van der Waals surface area contributed by atoms with Crippen LogP contribution in [-0.2, 0) is 0 Å². The van der Waals surface area contributed by atoms with E-state index in [4.69, 9.17) is 4.74 Å². The molecule has 2 heteroatoms. The monoisotopic (exact) mass is 193 g/mol. The van der Waals surface area contributed by atoms with Crippen LogP contribution >= 0.6 is 0 Å². The number of hydrogen-bond donors (Lipinski definition) is 1. The predicted octanol–water partition coefficient (Wildman–Crippen LogP) is 3.13. The predicted molar refractivity (Wildman–Crippen MR) is 61.2 cm³/mol. The quantitative estimate of drug-likeness (QED) is 0.683. The Bertz CT molecular complexity index is 307. The maximum atomic E-state index is 5.50. The number of hydrogen-bond acceptors (Lipinski definition) is 2. The van der Waals surface area contributed by atoms with Gasteiger partial charge in [0.2, 0.25) is 0 Å². The van der Waals surface area contributed by atoms with E-state index in [1.54, 1.807) is 0 Å². The molecule has 78 valence electrons. The summed E-state index contributed by atoms with van der Waals surface area (Å²) in [6, 6.07) is 4.13. The highest BCUT2D eigenvalue weighted by Gasteiger charge is 2.12. The van der Waals surface area contributed by atoms with Gasteiger partial charge in [-0.05, 0) is 31.0 Å². The van der Waals surface area contributed by atoms with E-state index in [2.05, 4.69) is 25.2 Å². The molecule has 0 radical (unpaired) electrons. The summed E-state index contributed by atoms with van der Waals surface area (Å²) in [5.74, 6) is 0.990. The zero-order valence-electron chi connectivity index (χ0n) is 9.48. The molecule has 0 saturated heterocycles. The number of ether oxygens (including phenoxy) is 1. The van der Waals surface area contributed by atoms with Gasteiger partial charge in [0.05, 0.1) is 5.69 Å². The van der Waals surface area contributed by atoms with E-state index in [9.17, 15) is 0 Å². The maximum Gasteiger partial charge on any atom is 0.142 e. The highest BCUT2D eigenvalue weighted by Crippen LogP contribution is 2.32. The topological polar surface area (TPSA) is 21.3 Å². The molecule has 0 atom stereocenters. The second-order valence-corrected chi connectivity index (χ2v) is 3.16. The molecule has 1 aromatic carbocycles. The molecule has 1 aliphatic rings. The van der Waals surface area contributed by atoms with Gasteiger partial charge in [-0.15, -0.1) is 0 Å². The van der Waals surface area contributed by atoms with Crippen molar-refractivity contribution in [2.75, 3.05) is 18.5 Å². The van der Waals surface area contributed by atoms with Crippen molar-refractivity contribution in [2.24, 2.45) is 0 Å². The summed E-state index contributed by atoms with van der Waals surface area (Å²) >= 11 is 0. The van der Waals surface area contributed by atoms with Gasteiger partial charge < -0.3 is 10.1 Å². The van der Waals surface area contributed by atoms with Crippen molar-refractivity contribution in [1.29, 1.82) is 0 Å². The average Bonchev–Trinajstić information content (AvgIpc) is 2.27. The molecule has 1 heterocycles. The van der Waals surface area contributed by atoms with E-state index >= 15 is 0 Å². The van der Waals surface area contributed by atoms with Crippen LogP contribution in [0.2, 0.25) is 0 Å². The molecule has 0 saturated carbocycles. The molecule has 1 N–H and O–H groups in total. The summed E-state index contributed by atoms with van der Waals surface area (Å²) in [7, 11) is 0. The zero-order valence-corrected chi connectivity index (χ0v) is 9.48. The van der Waals surface area contributed by atoms with E-state index in [-0.39, 0.29) is 0 Å². The Hall–Kier alpha value is -1.18. The van der Waals surface area contributed by atoms with Crippen molar-refractivity contribution >= 4 is 5.69 Å². The zero-order chi connectivity index (χ0) is 10.6. The number of nitrogens with one attached hydrogen (secondary N) is 1. The van der Waals surface area contributed by atoms with Crippen molar-refractivity contribution in [2.45, 2.75) is 27.7 Å². The van der Waals surface area contributed by atoms with Crippen LogP contribution in [-0.4, -0.2) is 13.2 Å². The van der Waals surface area contributed by atoms with Crippen molar-refractivity contribution in [3.8, 4) is 5.75 Å². The van der Waals surface area contributed by atoms with Gasteiger partial charge in [-0.25, -0.2) is 0 Å². The molecule has 0 unspecified atom stereocenters. The average molecular weight is 193 g/mol. The maximum absolute atomic E-state index is 5.50. The van der Waals surface area contributed by atoms with Crippen LogP contribution in [0.15, 0.2) is 12.1 Å². The first-order chi connectivity index (χ1) is 6.79. The van der Waals surface area contributed by atoms with Gasteiger partial charge in [-0.1, -0.05) is 19.9 Å². The van der Waals surface area contributed by atoms with Crippen LogP contribution in [0.4, 0.5) is 5.69 Å². The lowest BCUT2D eigenvalue weighted by atomic mass is 10.1. The minimum Gasteiger partial charge on any atom is -0.490 e. The molecule has 14 heavy (non-hydrogen) atoms. The van der Waals surface area contributed by atoms with Gasteiger partial charge in [-0.3, -0.25) is 0 Å². The molecule has 1 aromatic rings. The summed E-state index contributed by atoms with van der Waals surface area (Å²) in [4.78, 5) is 0. The van der Waals surface area contributed by atoms with Crippen molar-refractivity contribution in [3.63, 3.8) is 0 Å². The van der Waals surface area contributed by atoms with Crippen molar-refractivity contribution in [1.82, 2.24) is 0 Å². The Morgan fingerprint density at radius 2 is 1.93 bits per heavy atom. The standard InChI is InChI=1S/C10H13NO.C2H6/c1-7-3-4-9-10(8(7)2)11-5-6-12-9;1-2/h3-4,11H,5-6H2,1-2H3;1-2H3. The van der Waals surface area contributed by atoms with Crippen LogP contribution in [0.1, 0.15) is 25.0 Å².